The Morgan fingerprint density at radius 2 is 2.05 bits per heavy atom. The molecule has 0 saturated heterocycles. The Balaban J connectivity index is 1.99. The molecular formula is C16H18BrClN2S. The van der Waals surface area contributed by atoms with Crippen molar-refractivity contribution in [3.8, 4) is 0 Å². The van der Waals surface area contributed by atoms with Crippen LogP contribution in [0.3, 0.4) is 0 Å². The highest BCUT2D eigenvalue weighted by Gasteiger charge is 2.12. The van der Waals surface area contributed by atoms with Gasteiger partial charge in [0.2, 0.25) is 0 Å². The number of hydrogen-bond acceptors (Lipinski definition) is 3. The highest BCUT2D eigenvalue weighted by Crippen LogP contribution is 2.26. The van der Waals surface area contributed by atoms with Crippen molar-refractivity contribution in [3.63, 3.8) is 0 Å². The first-order valence-electron chi connectivity index (χ1n) is 6.68. The zero-order valence-electron chi connectivity index (χ0n) is 11.8. The van der Waals surface area contributed by atoms with Gasteiger partial charge in [0.1, 0.15) is 0 Å². The van der Waals surface area contributed by atoms with Gasteiger partial charge in [0, 0.05) is 26.2 Å². The molecule has 2 aromatic carbocycles. The minimum absolute atomic E-state index is 0.174. The van der Waals surface area contributed by atoms with Gasteiger partial charge in [0.15, 0.2) is 0 Å². The highest BCUT2D eigenvalue weighted by atomic mass is 79.9. The summed E-state index contributed by atoms with van der Waals surface area (Å²) in [7, 11) is 0. The number of halogens is 2. The summed E-state index contributed by atoms with van der Waals surface area (Å²) in [6, 6.07) is 14.5. The summed E-state index contributed by atoms with van der Waals surface area (Å²) in [5, 5.41) is 0.769. The van der Waals surface area contributed by atoms with Gasteiger partial charge in [0.25, 0.3) is 0 Å². The van der Waals surface area contributed by atoms with E-state index in [2.05, 4.69) is 52.5 Å². The lowest BCUT2D eigenvalue weighted by Gasteiger charge is -2.17. The Morgan fingerprint density at radius 1 is 1.29 bits per heavy atom. The molecule has 0 radical (unpaired) electrons. The summed E-state index contributed by atoms with van der Waals surface area (Å²) in [6.07, 6.45) is 0.807. The minimum Gasteiger partial charge on any atom is -0.271 e. The van der Waals surface area contributed by atoms with Crippen LogP contribution in [-0.2, 0) is 6.42 Å². The Morgan fingerprint density at radius 3 is 2.71 bits per heavy atom. The van der Waals surface area contributed by atoms with Crippen LogP contribution in [0, 0.1) is 6.92 Å². The Kier molecular flexibility index (Phi) is 6.58. The summed E-state index contributed by atoms with van der Waals surface area (Å²) in [5.41, 5.74) is 5.29. The minimum atomic E-state index is 0.174. The van der Waals surface area contributed by atoms with E-state index in [0.717, 1.165) is 27.2 Å². The fourth-order valence-electron chi connectivity index (χ4n) is 2.03. The second-order valence-corrected chi connectivity index (χ2v) is 7.26. The topological polar surface area (TPSA) is 38.0 Å². The van der Waals surface area contributed by atoms with Gasteiger partial charge < -0.3 is 0 Å². The molecule has 21 heavy (non-hydrogen) atoms. The molecule has 112 valence electrons. The zero-order valence-corrected chi connectivity index (χ0v) is 14.9. The number of hydrazine groups is 1. The predicted molar refractivity (Wildman–Crippen MR) is 95.9 cm³/mol. The Bertz CT molecular complexity index is 607. The molecule has 1 atom stereocenters. The maximum absolute atomic E-state index is 6.27. The lowest BCUT2D eigenvalue weighted by Crippen LogP contribution is -2.38. The highest BCUT2D eigenvalue weighted by molar-refractivity contribution is 9.10. The van der Waals surface area contributed by atoms with Crippen LogP contribution in [0.4, 0.5) is 0 Å². The fourth-order valence-corrected chi connectivity index (χ4v) is 3.84. The molecule has 0 heterocycles. The maximum Gasteiger partial charge on any atom is 0.0449 e. The number of hydrogen-bond donors (Lipinski definition) is 2. The van der Waals surface area contributed by atoms with Crippen molar-refractivity contribution in [1.29, 1.82) is 0 Å². The first-order valence-corrected chi connectivity index (χ1v) is 8.84. The number of nitrogens with one attached hydrogen (secondary N) is 1. The molecule has 2 nitrogen and oxygen atoms in total. The molecule has 0 aromatic heterocycles. The van der Waals surface area contributed by atoms with E-state index >= 15 is 0 Å². The van der Waals surface area contributed by atoms with Crippen LogP contribution in [-0.4, -0.2) is 11.8 Å². The van der Waals surface area contributed by atoms with Crippen LogP contribution in [0.2, 0.25) is 5.02 Å². The third kappa shape index (κ3) is 5.01. The zero-order chi connectivity index (χ0) is 15.2. The number of rotatable bonds is 6. The van der Waals surface area contributed by atoms with Crippen LogP contribution >= 0.6 is 39.3 Å². The molecule has 0 aliphatic carbocycles. The standard InChI is InChI=1S/C16H18BrClN2S/c1-11-4-2-3-5-16(11)21-10-14(20-19)8-12-6-7-13(17)9-15(12)18/h2-7,9,14,20H,8,10,19H2,1H3. The molecule has 0 bridgehead atoms. The van der Waals surface area contributed by atoms with E-state index in [9.17, 15) is 0 Å². The smallest absolute Gasteiger partial charge is 0.0449 e. The number of thioether (sulfide) groups is 1. The Labute approximate surface area is 143 Å². The van der Waals surface area contributed by atoms with Gasteiger partial charge in [-0.05, 0) is 42.7 Å². The maximum atomic E-state index is 6.27. The lowest BCUT2D eigenvalue weighted by molar-refractivity contribution is 0.575. The molecule has 0 aliphatic rings. The second-order valence-electron chi connectivity index (χ2n) is 4.88. The van der Waals surface area contributed by atoms with Gasteiger partial charge in [-0.3, -0.25) is 11.3 Å². The van der Waals surface area contributed by atoms with Crippen LogP contribution in [0.1, 0.15) is 11.1 Å². The van der Waals surface area contributed by atoms with Gasteiger partial charge in [0.05, 0.1) is 0 Å². The monoisotopic (exact) mass is 384 g/mol. The summed E-state index contributed by atoms with van der Waals surface area (Å²) in [4.78, 5) is 1.29. The third-order valence-corrected chi connectivity index (χ3v) is 5.43. The number of nitrogens with two attached hydrogens (primary N) is 1. The predicted octanol–water partition coefficient (Wildman–Crippen LogP) is 4.58. The summed E-state index contributed by atoms with van der Waals surface area (Å²) in [6.45, 7) is 2.12. The van der Waals surface area contributed by atoms with Crippen LogP contribution in [0.25, 0.3) is 0 Å². The van der Waals surface area contributed by atoms with Crippen molar-refractivity contribution in [1.82, 2.24) is 5.43 Å². The normalized spacial score (nSPS) is 12.4. The summed E-state index contributed by atoms with van der Waals surface area (Å²) < 4.78 is 0.989. The van der Waals surface area contributed by atoms with E-state index in [1.54, 1.807) is 0 Å². The number of benzene rings is 2. The Hall–Kier alpha value is -0.520. The molecule has 3 N–H and O–H groups in total. The van der Waals surface area contributed by atoms with Crippen molar-refractivity contribution >= 4 is 39.3 Å². The van der Waals surface area contributed by atoms with Gasteiger partial charge >= 0.3 is 0 Å². The molecule has 1 unspecified atom stereocenters. The van der Waals surface area contributed by atoms with E-state index < -0.39 is 0 Å². The molecule has 0 spiro atoms. The van der Waals surface area contributed by atoms with Crippen molar-refractivity contribution in [2.24, 2.45) is 5.84 Å². The molecular weight excluding hydrogens is 368 g/mol. The molecule has 0 fully saturated rings. The van der Waals surface area contributed by atoms with Crippen molar-refractivity contribution in [2.75, 3.05) is 5.75 Å². The van der Waals surface area contributed by atoms with Crippen molar-refractivity contribution < 1.29 is 0 Å². The second kappa shape index (κ2) is 8.20. The average Bonchev–Trinajstić information content (AvgIpc) is 2.47. The van der Waals surface area contributed by atoms with E-state index in [0.29, 0.717) is 0 Å². The van der Waals surface area contributed by atoms with E-state index in [1.807, 2.05) is 30.0 Å². The third-order valence-electron chi connectivity index (χ3n) is 3.25. The SMILES string of the molecule is Cc1ccccc1SCC(Cc1ccc(Br)cc1Cl)NN. The van der Waals surface area contributed by atoms with Crippen molar-refractivity contribution in [2.45, 2.75) is 24.3 Å². The summed E-state index contributed by atoms with van der Waals surface area (Å²) >= 11 is 11.5. The largest absolute Gasteiger partial charge is 0.271 e. The molecule has 0 saturated carbocycles. The molecule has 0 amide bonds. The van der Waals surface area contributed by atoms with Gasteiger partial charge in [-0.15, -0.1) is 11.8 Å². The quantitative estimate of drug-likeness (QED) is 0.434. The average molecular weight is 386 g/mol. The van der Waals surface area contributed by atoms with Gasteiger partial charge in [-0.2, -0.15) is 0 Å². The molecule has 2 aromatic rings. The van der Waals surface area contributed by atoms with E-state index in [4.69, 9.17) is 17.4 Å². The van der Waals surface area contributed by atoms with Crippen LogP contribution < -0.4 is 11.3 Å². The first-order chi connectivity index (χ1) is 10.1. The van der Waals surface area contributed by atoms with Crippen molar-refractivity contribution in [3.05, 3.63) is 63.1 Å². The molecule has 2 rings (SSSR count). The lowest BCUT2D eigenvalue weighted by atomic mass is 10.1. The van der Waals surface area contributed by atoms with Crippen LogP contribution in [0.15, 0.2) is 51.8 Å². The van der Waals surface area contributed by atoms with E-state index in [-0.39, 0.29) is 6.04 Å². The summed E-state index contributed by atoms with van der Waals surface area (Å²) in [5.74, 6) is 6.58. The van der Waals surface area contributed by atoms with Gasteiger partial charge in [-0.25, -0.2) is 0 Å². The van der Waals surface area contributed by atoms with E-state index in [1.165, 1.54) is 10.5 Å². The molecule has 0 aliphatic heterocycles. The number of aryl methyl sites for hydroxylation is 1. The fraction of sp³-hybridized carbons (Fsp3) is 0.250. The molecule has 5 heteroatoms. The first kappa shape index (κ1) is 16.8. The van der Waals surface area contributed by atoms with Gasteiger partial charge in [-0.1, -0.05) is 51.8 Å². The van der Waals surface area contributed by atoms with Crippen LogP contribution in [0.5, 0.6) is 0 Å².